The molecule has 6 nitrogen and oxygen atoms in total. The van der Waals surface area contributed by atoms with Crippen LogP contribution >= 0.6 is 23.2 Å². The molecule has 0 saturated carbocycles. The molecule has 0 atom stereocenters. The van der Waals surface area contributed by atoms with Gasteiger partial charge in [0.1, 0.15) is 0 Å². The topological polar surface area (TPSA) is 101 Å². The smallest absolute Gasteiger partial charge is 0.270 e. The molecule has 0 amide bonds. The summed E-state index contributed by atoms with van der Waals surface area (Å²) in [6.45, 7) is 2.95. The van der Waals surface area contributed by atoms with E-state index in [-0.39, 0.29) is 27.2 Å². The zero-order valence-corrected chi connectivity index (χ0v) is 12.8. The molecule has 0 fully saturated rings. The first-order chi connectivity index (χ1) is 9.68. The van der Waals surface area contributed by atoms with Crippen molar-refractivity contribution in [3.05, 3.63) is 44.2 Å². The summed E-state index contributed by atoms with van der Waals surface area (Å²) in [5.74, 6) is 0.203. The number of halogens is 2. The molecular formula is C13H13Cl2N3O3. The Morgan fingerprint density at radius 1 is 1.29 bits per heavy atom. The zero-order valence-electron chi connectivity index (χ0n) is 11.3. The lowest BCUT2D eigenvalue weighted by Crippen LogP contribution is -2.27. The number of aromatic amines is 1. The largest absolute Gasteiger partial charge is 0.434 e. The number of nitrogen functional groups attached to an aromatic ring is 1. The average molecular weight is 330 g/mol. The van der Waals surface area contributed by atoms with Crippen molar-refractivity contribution in [3.8, 4) is 11.6 Å². The SMILES string of the molecule is CC(C)(O)c1cc(Oc2c(Cl)cc(N)cc2Cl)n[nH]c1=O. The number of nitrogens with one attached hydrogen (secondary N) is 1. The summed E-state index contributed by atoms with van der Waals surface area (Å²) >= 11 is 12.0. The number of anilines is 1. The summed E-state index contributed by atoms with van der Waals surface area (Å²) in [6.07, 6.45) is 0. The normalized spacial score (nSPS) is 11.5. The van der Waals surface area contributed by atoms with Gasteiger partial charge in [0.15, 0.2) is 5.75 Å². The second-order valence-corrected chi connectivity index (χ2v) is 5.74. The Hall–Kier alpha value is -1.76. The van der Waals surface area contributed by atoms with Gasteiger partial charge < -0.3 is 15.6 Å². The summed E-state index contributed by atoms with van der Waals surface area (Å²) in [5, 5.41) is 16.3. The van der Waals surface area contributed by atoms with Crippen LogP contribution in [0.25, 0.3) is 0 Å². The van der Waals surface area contributed by atoms with Crippen molar-refractivity contribution in [1.82, 2.24) is 10.2 Å². The number of rotatable bonds is 3. The average Bonchev–Trinajstić information content (AvgIpc) is 2.34. The van der Waals surface area contributed by atoms with E-state index < -0.39 is 11.2 Å². The maximum atomic E-state index is 11.6. The Bertz CT molecular complexity index is 715. The zero-order chi connectivity index (χ0) is 15.8. The van der Waals surface area contributed by atoms with Gasteiger partial charge >= 0.3 is 0 Å². The van der Waals surface area contributed by atoms with Crippen LogP contribution in [0.2, 0.25) is 10.0 Å². The third kappa shape index (κ3) is 3.47. The minimum atomic E-state index is -1.34. The lowest BCUT2D eigenvalue weighted by Gasteiger charge is -2.17. The fourth-order valence-electron chi connectivity index (χ4n) is 1.68. The van der Waals surface area contributed by atoms with Gasteiger partial charge in [-0.05, 0) is 26.0 Å². The molecule has 0 bridgehead atoms. The number of nitrogens with zero attached hydrogens (tertiary/aromatic N) is 1. The summed E-state index contributed by atoms with van der Waals surface area (Å²) < 4.78 is 5.47. The predicted octanol–water partition coefficient (Wildman–Crippen LogP) is 2.68. The summed E-state index contributed by atoms with van der Waals surface area (Å²) in [4.78, 5) is 11.6. The number of aliphatic hydroxyl groups is 1. The van der Waals surface area contributed by atoms with Crippen molar-refractivity contribution in [2.45, 2.75) is 19.4 Å². The molecular weight excluding hydrogens is 317 g/mol. The number of aromatic nitrogens is 2. The lowest BCUT2D eigenvalue weighted by molar-refractivity contribution is 0.0765. The van der Waals surface area contributed by atoms with E-state index in [2.05, 4.69) is 10.2 Å². The Morgan fingerprint density at radius 2 is 1.86 bits per heavy atom. The van der Waals surface area contributed by atoms with E-state index in [1.807, 2.05) is 0 Å². The summed E-state index contributed by atoms with van der Waals surface area (Å²) in [6, 6.07) is 4.28. The predicted molar refractivity (Wildman–Crippen MR) is 81.1 cm³/mol. The molecule has 0 aliphatic heterocycles. The molecule has 21 heavy (non-hydrogen) atoms. The molecule has 0 aliphatic carbocycles. The van der Waals surface area contributed by atoms with E-state index in [1.165, 1.54) is 32.0 Å². The summed E-state index contributed by atoms with van der Waals surface area (Å²) in [5.41, 5.74) is 4.25. The van der Waals surface area contributed by atoms with Gasteiger partial charge in [0.05, 0.1) is 21.2 Å². The van der Waals surface area contributed by atoms with Crippen LogP contribution in [0.3, 0.4) is 0 Å². The second-order valence-electron chi connectivity index (χ2n) is 4.92. The molecule has 112 valence electrons. The van der Waals surface area contributed by atoms with Gasteiger partial charge in [0, 0.05) is 11.8 Å². The highest BCUT2D eigenvalue weighted by molar-refractivity contribution is 6.37. The molecule has 8 heteroatoms. The van der Waals surface area contributed by atoms with Crippen molar-refractivity contribution >= 4 is 28.9 Å². The minimum Gasteiger partial charge on any atom is -0.434 e. The number of hydrogen-bond donors (Lipinski definition) is 3. The van der Waals surface area contributed by atoms with Gasteiger partial charge in [-0.3, -0.25) is 4.79 Å². The Labute approximate surface area is 130 Å². The van der Waals surface area contributed by atoms with E-state index in [0.29, 0.717) is 5.69 Å². The van der Waals surface area contributed by atoms with Gasteiger partial charge in [-0.25, -0.2) is 5.10 Å². The quantitative estimate of drug-likeness (QED) is 0.751. The lowest BCUT2D eigenvalue weighted by atomic mass is 10.0. The molecule has 0 spiro atoms. The fourth-order valence-corrected chi connectivity index (χ4v) is 2.26. The molecule has 0 radical (unpaired) electrons. The summed E-state index contributed by atoms with van der Waals surface area (Å²) in [7, 11) is 0. The van der Waals surface area contributed by atoms with Crippen LogP contribution < -0.4 is 16.0 Å². The van der Waals surface area contributed by atoms with E-state index in [4.69, 9.17) is 33.7 Å². The van der Waals surface area contributed by atoms with E-state index in [0.717, 1.165) is 0 Å². The highest BCUT2D eigenvalue weighted by Crippen LogP contribution is 2.37. The van der Waals surface area contributed by atoms with Crippen molar-refractivity contribution in [2.75, 3.05) is 5.73 Å². The fraction of sp³-hybridized carbons (Fsp3) is 0.231. The highest BCUT2D eigenvalue weighted by Gasteiger charge is 2.22. The Morgan fingerprint density at radius 3 is 2.38 bits per heavy atom. The van der Waals surface area contributed by atoms with Gasteiger partial charge in [-0.2, -0.15) is 0 Å². The van der Waals surface area contributed by atoms with Crippen molar-refractivity contribution in [2.24, 2.45) is 0 Å². The number of nitrogens with two attached hydrogens (primary N) is 1. The van der Waals surface area contributed by atoms with Crippen molar-refractivity contribution < 1.29 is 9.84 Å². The molecule has 1 heterocycles. The maximum absolute atomic E-state index is 11.6. The van der Waals surface area contributed by atoms with E-state index in [1.54, 1.807) is 0 Å². The monoisotopic (exact) mass is 329 g/mol. The minimum absolute atomic E-state index is 0.0419. The number of ether oxygens (including phenoxy) is 1. The van der Waals surface area contributed by atoms with Crippen molar-refractivity contribution in [3.63, 3.8) is 0 Å². The van der Waals surface area contributed by atoms with E-state index in [9.17, 15) is 9.90 Å². The van der Waals surface area contributed by atoms with Gasteiger partial charge in [0.25, 0.3) is 5.56 Å². The van der Waals surface area contributed by atoms with Gasteiger partial charge in [-0.15, -0.1) is 5.10 Å². The number of hydrogen-bond acceptors (Lipinski definition) is 5. The molecule has 1 aromatic carbocycles. The first-order valence-electron chi connectivity index (χ1n) is 5.93. The van der Waals surface area contributed by atoms with Crippen LogP contribution in [0.1, 0.15) is 19.4 Å². The first-order valence-corrected chi connectivity index (χ1v) is 6.69. The number of benzene rings is 1. The van der Waals surface area contributed by atoms with Crippen LogP contribution in [0, 0.1) is 0 Å². The van der Waals surface area contributed by atoms with Crippen LogP contribution in [-0.2, 0) is 5.60 Å². The van der Waals surface area contributed by atoms with E-state index >= 15 is 0 Å². The third-order valence-electron chi connectivity index (χ3n) is 2.67. The van der Waals surface area contributed by atoms with Crippen LogP contribution in [-0.4, -0.2) is 15.3 Å². The van der Waals surface area contributed by atoms with Gasteiger partial charge in [-0.1, -0.05) is 23.2 Å². The third-order valence-corrected chi connectivity index (χ3v) is 3.23. The second kappa shape index (κ2) is 5.55. The molecule has 2 rings (SSSR count). The molecule has 0 aliphatic rings. The molecule has 0 unspecified atom stereocenters. The van der Waals surface area contributed by atoms with Gasteiger partial charge in [0.2, 0.25) is 5.88 Å². The van der Waals surface area contributed by atoms with Crippen molar-refractivity contribution in [1.29, 1.82) is 0 Å². The standard InChI is InChI=1S/C13H13Cl2N3O3/c1-13(2,20)7-5-10(17-18-12(7)19)21-11-8(14)3-6(16)4-9(11)15/h3-5,20H,16H2,1-2H3,(H,18,19). The molecule has 2 aromatic rings. The molecule has 4 N–H and O–H groups in total. The first kappa shape index (κ1) is 15.6. The van der Waals surface area contributed by atoms with Crippen LogP contribution in [0.15, 0.2) is 23.0 Å². The Kier molecular flexibility index (Phi) is 4.13. The molecule has 0 saturated heterocycles. The number of H-pyrrole nitrogens is 1. The molecule has 1 aromatic heterocycles. The van der Waals surface area contributed by atoms with Crippen LogP contribution in [0.5, 0.6) is 11.6 Å². The van der Waals surface area contributed by atoms with Crippen LogP contribution in [0.4, 0.5) is 5.69 Å². The Balaban J connectivity index is 2.44. The highest BCUT2D eigenvalue weighted by atomic mass is 35.5. The maximum Gasteiger partial charge on any atom is 0.270 e.